The monoisotopic (exact) mass is 517 g/mol. The molecule has 0 radical (unpaired) electrons. The molecule has 4 unspecified atom stereocenters. The highest BCUT2D eigenvalue weighted by atomic mass is 16.4. The van der Waals surface area contributed by atoms with Crippen molar-refractivity contribution in [2.45, 2.75) is 56.8 Å². The number of aromatic nitrogens is 2. The number of aromatic hydroxyl groups is 1. The number of carbonyl (C=O) groups is 5. The molecule has 0 spiro atoms. The summed E-state index contributed by atoms with van der Waals surface area (Å²) in [5.74, 6) is -4.19. The lowest BCUT2D eigenvalue weighted by Crippen LogP contribution is -2.56. The molecule has 0 aliphatic heterocycles. The summed E-state index contributed by atoms with van der Waals surface area (Å²) in [5.41, 5.74) is 12.3. The van der Waals surface area contributed by atoms with Crippen LogP contribution < -0.4 is 27.4 Å². The summed E-state index contributed by atoms with van der Waals surface area (Å²) in [5, 5.41) is 26.0. The van der Waals surface area contributed by atoms with E-state index in [1.807, 2.05) is 0 Å². The highest BCUT2D eigenvalue weighted by molar-refractivity contribution is 5.94. The van der Waals surface area contributed by atoms with Crippen LogP contribution in [-0.4, -0.2) is 73.9 Å². The molecule has 1 aromatic carbocycles. The summed E-state index contributed by atoms with van der Waals surface area (Å²) < 4.78 is 0. The number of benzene rings is 1. The van der Waals surface area contributed by atoms with E-state index in [9.17, 15) is 34.2 Å². The van der Waals surface area contributed by atoms with Gasteiger partial charge in [0.1, 0.15) is 23.9 Å². The van der Waals surface area contributed by atoms with E-state index < -0.39 is 53.8 Å². The third kappa shape index (κ3) is 9.60. The second-order valence-electron chi connectivity index (χ2n) is 8.45. The van der Waals surface area contributed by atoms with Crippen LogP contribution in [0, 0.1) is 0 Å². The quantitative estimate of drug-likeness (QED) is 0.139. The van der Waals surface area contributed by atoms with Crippen molar-refractivity contribution in [1.82, 2.24) is 25.9 Å². The van der Waals surface area contributed by atoms with Gasteiger partial charge < -0.3 is 42.6 Å². The van der Waals surface area contributed by atoms with Gasteiger partial charge in [-0.2, -0.15) is 0 Å². The lowest BCUT2D eigenvalue weighted by atomic mass is 10.1. The van der Waals surface area contributed by atoms with Gasteiger partial charge in [-0.3, -0.25) is 19.2 Å². The van der Waals surface area contributed by atoms with E-state index in [4.69, 9.17) is 11.5 Å². The zero-order valence-electron chi connectivity index (χ0n) is 20.1. The lowest BCUT2D eigenvalue weighted by molar-refractivity contribution is -0.142. The van der Waals surface area contributed by atoms with Crippen LogP contribution in [0.2, 0.25) is 0 Å². The fourth-order valence-electron chi connectivity index (χ4n) is 3.31. The number of carboxylic acid groups (broad SMARTS) is 1. The van der Waals surface area contributed by atoms with Crippen molar-refractivity contribution in [2.75, 3.05) is 0 Å². The summed E-state index contributed by atoms with van der Waals surface area (Å²) in [4.78, 5) is 67.4. The predicted octanol–water partition coefficient (Wildman–Crippen LogP) is -1.95. The van der Waals surface area contributed by atoms with Crippen LogP contribution >= 0.6 is 0 Å². The average molecular weight is 518 g/mol. The Kier molecular flexibility index (Phi) is 10.6. The number of hydrogen-bond donors (Lipinski definition) is 8. The first kappa shape index (κ1) is 28.8. The van der Waals surface area contributed by atoms with Crippen molar-refractivity contribution in [3.05, 3.63) is 48.0 Å². The Morgan fingerprint density at radius 3 is 2.19 bits per heavy atom. The van der Waals surface area contributed by atoms with Crippen molar-refractivity contribution in [3.8, 4) is 5.75 Å². The van der Waals surface area contributed by atoms with Gasteiger partial charge in [0.05, 0.1) is 12.4 Å². The van der Waals surface area contributed by atoms with Crippen LogP contribution in [0.25, 0.3) is 0 Å². The van der Waals surface area contributed by atoms with E-state index in [1.165, 1.54) is 31.6 Å². The Morgan fingerprint density at radius 2 is 1.62 bits per heavy atom. The predicted molar refractivity (Wildman–Crippen MR) is 130 cm³/mol. The van der Waals surface area contributed by atoms with E-state index in [1.54, 1.807) is 12.1 Å². The molecule has 0 aliphatic rings. The SMILES string of the molecule is CC(NC(=O)C(N)Cc1ccc(O)cc1)C(=O)NC(CCC(N)=O)C(=O)NC(Cc1cnc[nH]1)C(=O)O. The standard InChI is InChI=1S/C23H31N7O7/c1-12(28-21(34)16(24)8-13-2-4-15(31)5-3-13)20(33)29-17(6-7-19(25)32)22(35)30-18(23(36)37)9-14-10-26-11-27-14/h2-5,10-12,16-18,31H,6-9,24H2,1H3,(H2,25,32)(H,26,27)(H,28,34)(H,29,33)(H,30,35)(H,36,37). The van der Waals surface area contributed by atoms with Crippen molar-refractivity contribution >= 4 is 29.6 Å². The Bertz CT molecular complexity index is 1090. The Hall–Kier alpha value is -4.46. The number of phenols is 1. The molecule has 0 bridgehead atoms. The molecule has 200 valence electrons. The largest absolute Gasteiger partial charge is 0.508 e. The number of carbonyl (C=O) groups excluding carboxylic acids is 4. The smallest absolute Gasteiger partial charge is 0.326 e. The van der Waals surface area contributed by atoms with Gasteiger partial charge in [0.25, 0.3) is 0 Å². The number of H-pyrrole nitrogens is 1. The molecule has 14 heteroatoms. The summed E-state index contributed by atoms with van der Waals surface area (Å²) in [6, 6.07) is 1.39. The minimum atomic E-state index is -1.34. The number of aliphatic carboxylic acids is 1. The van der Waals surface area contributed by atoms with Crippen molar-refractivity contribution in [2.24, 2.45) is 11.5 Å². The Balaban J connectivity index is 1.99. The number of amides is 4. The maximum atomic E-state index is 12.8. The molecule has 0 aliphatic carbocycles. The first-order chi connectivity index (χ1) is 17.5. The van der Waals surface area contributed by atoms with Gasteiger partial charge in [0.2, 0.25) is 23.6 Å². The fraction of sp³-hybridized carbons (Fsp3) is 0.391. The number of phenolic OH excluding ortho intramolecular Hbond substituents is 1. The Morgan fingerprint density at radius 1 is 0.973 bits per heavy atom. The molecule has 37 heavy (non-hydrogen) atoms. The second kappa shape index (κ2) is 13.6. The van der Waals surface area contributed by atoms with Crippen LogP contribution in [0.5, 0.6) is 5.75 Å². The highest BCUT2D eigenvalue weighted by Crippen LogP contribution is 2.11. The van der Waals surface area contributed by atoms with Gasteiger partial charge in [-0.25, -0.2) is 9.78 Å². The lowest BCUT2D eigenvalue weighted by Gasteiger charge is -2.23. The number of hydrogen-bond acceptors (Lipinski definition) is 8. The van der Waals surface area contributed by atoms with E-state index >= 15 is 0 Å². The van der Waals surface area contributed by atoms with Gasteiger partial charge in [0, 0.05) is 24.7 Å². The van der Waals surface area contributed by atoms with Gasteiger partial charge in [-0.15, -0.1) is 0 Å². The maximum Gasteiger partial charge on any atom is 0.326 e. The first-order valence-electron chi connectivity index (χ1n) is 11.4. The van der Waals surface area contributed by atoms with Gasteiger partial charge >= 0.3 is 5.97 Å². The maximum absolute atomic E-state index is 12.8. The van der Waals surface area contributed by atoms with Gasteiger partial charge in [0.15, 0.2) is 0 Å². The molecule has 2 aromatic rings. The molecule has 1 aromatic heterocycles. The zero-order chi connectivity index (χ0) is 27.5. The van der Waals surface area contributed by atoms with E-state index in [-0.39, 0.29) is 31.4 Å². The molecular formula is C23H31N7O7. The molecule has 14 nitrogen and oxygen atoms in total. The number of nitrogens with one attached hydrogen (secondary N) is 4. The number of aromatic amines is 1. The average Bonchev–Trinajstić information content (AvgIpc) is 3.35. The molecule has 2 rings (SSSR count). The van der Waals surface area contributed by atoms with E-state index in [0.717, 1.165) is 0 Å². The van der Waals surface area contributed by atoms with Crippen LogP contribution in [0.4, 0.5) is 0 Å². The molecule has 4 amide bonds. The highest BCUT2D eigenvalue weighted by Gasteiger charge is 2.29. The van der Waals surface area contributed by atoms with Crippen LogP contribution in [-0.2, 0) is 36.8 Å². The molecule has 0 fully saturated rings. The van der Waals surface area contributed by atoms with Crippen LogP contribution in [0.15, 0.2) is 36.8 Å². The van der Waals surface area contributed by atoms with Gasteiger partial charge in [-0.1, -0.05) is 12.1 Å². The van der Waals surface area contributed by atoms with Crippen molar-refractivity contribution in [3.63, 3.8) is 0 Å². The number of rotatable bonds is 14. The minimum absolute atomic E-state index is 0.0676. The molecule has 4 atom stereocenters. The Labute approximate surface area is 212 Å². The van der Waals surface area contributed by atoms with Crippen molar-refractivity contribution < 1.29 is 34.2 Å². The van der Waals surface area contributed by atoms with E-state index in [2.05, 4.69) is 25.9 Å². The number of nitrogens with zero attached hydrogens (tertiary/aromatic N) is 1. The normalized spacial score (nSPS) is 14.0. The third-order valence-corrected chi connectivity index (χ3v) is 5.39. The van der Waals surface area contributed by atoms with Crippen molar-refractivity contribution in [1.29, 1.82) is 0 Å². The second-order valence-corrected chi connectivity index (χ2v) is 8.45. The number of nitrogens with two attached hydrogens (primary N) is 2. The minimum Gasteiger partial charge on any atom is -0.508 e. The first-order valence-corrected chi connectivity index (χ1v) is 11.4. The topological polar surface area (TPSA) is 243 Å². The van der Waals surface area contributed by atoms with Gasteiger partial charge in [-0.05, 0) is 37.5 Å². The summed E-state index contributed by atoms with van der Waals surface area (Å²) in [7, 11) is 0. The van der Waals surface area contributed by atoms with Crippen LogP contribution in [0.3, 0.4) is 0 Å². The van der Waals surface area contributed by atoms with E-state index in [0.29, 0.717) is 11.3 Å². The number of imidazole rings is 1. The van der Waals surface area contributed by atoms with Crippen LogP contribution in [0.1, 0.15) is 31.0 Å². The third-order valence-electron chi connectivity index (χ3n) is 5.39. The molecular weight excluding hydrogens is 486 g/mol. The summed E-state index contributed by atoms with van der Waals surface area (Å²) >= 11 is 0. The summed E-state index contributed by atoms with van der Waals surface area (Å²) in [6.45, 7) is 1.38. The molecule has 10 N–H and O–H groups in total. The number of primary amides is 1. The zero-order valence-corrected chi connectivity index (χ0v) is 20.1. The fourth-order valence-corrected chi connectivity index (χ4v) is 3.31. The molecule has 1 heterocycles. The molecule has 0 saturated carbocycles. The number of carboxylic acids is 1. The summed E-state index contributed by atoms with van der Waals surface area (Å²) in [6.07, 6.45) is 2.38. The molecule has 0 saturated heterocycles.